The molecule has 0 aliphatic carbocycles. The summed E-state index contributed by atoms with van der Waals surface area (Å²) in [5.74, 6) is 1.51. The van der Waals surface area contributed by atoms with E-state index in [1.807, 2.05) is 38.1 Å². The largest absolute Gasteiger partial charge is 0.489 e. The number of aromatic nitrogens is 1. The number of hydrogen-bond acceptors (Lipinski definition) is 6. The van der Waals surface area contributed by atoms with E-state index >= 15 is 0 Å². The van der Waals surface area contributed by atoms with Gasteiger partial charge in [0.15, 0.2) is 0 Å². The molecule has 2 aromatic carbocycles. The maximum Gasteiger partial charge on any atom is 0.224 e. The highest BCUT2D eigenvalue weighted by Gasteiger charge is 2.22. The molecule has 0 bridgehead atoms. The molecule has 2 atom stereocenters. The summed E-state index contributed by atoms with van der Waals surface area (Å²) >= 11 is 0. The van der Waals surface area contributed by atoms with E-state index in [0.29, 0.717) is 19.6 Å². The molecule has 1 N–H and O–H groups in total. The third kappa shape index (κ3) is 7.16. The van der Waals surface area contributed by atoms with Crippen molar-refractivity contribution in [2.45, 2.75) is 66.0 Å². The van der Waals surface area contributed by atoms with E-state index < -0.39 is 0 Å². The van der Waals surface area contributed by atoms with Crippen molar-refractivity contribution >= 4 is 5.91 Å². The maximum atomic E-state index is 12.4. The summed E-state index contributed by atoms with van der Waals surface area (Å²) in [6.07, 6.45) is 0.866. The third-order valence-corrected chi connectivity index (χ3v) is 6.27. The Balaban J connectivity index is 1.20. The Hall–Kier alpha value is -3.16. The molecule has 1 aliphatic rings. The average Bonchev–Trinajstić information content (AvgIpc) is 3.14. The molecule has 4 rings (SSSR count). The number of hydrogen-bond donors (Lipinski definition) is 1. The van der Waals surface area contributed by atoms with Crippen molar-refractivity contribution in [1.82, 2.24) is 15.4 Å². The lowest BCUT2D eigenvalue weighted by molar-refractivity contribution is -0.120. The molecule has 186 valence electrons. The van der Waals surface area contributed by atoms with Crippen LogP contribution < -0.4 is 10.1 Å². The quantitative estimate of drug-likeness (QED) is 0.494. The lowest BCUT2D eigenvalue weighted by Gasteiger charge is -2.35. The molecule has 7 nitrogen and oxygen atoms in total. The molecule has 1 aromatic heterocycles. The molecule has 0 saturated carbocycles. The van der Waals surface area contributed by atoms with Gasteiger partial charge in [0, 0.05) is 26.2 Å². The van der Waals surface area contributed by atoms with Crippen molar-refractivity contribution in [3.05, 3.63) is 82.2 Å². The van der Waals surface area contributed by atoms with Crippen LogP contribution in [0.5, 0.6) is 5.75 Å². The van der Waals surface area contributed by atoms with E-state index in [-0.39, 0.29) is 18.1 Å². The Morgan fingerprint density at radius 2 is 1.63 bits per heavy atom. The van der Waals surface area contributed by atoms with Crippen LogP contribution in [0.1, 0.15) is 47.6 Å². The summed E-state index contributed by atoms with van der Waals surface area (Å²) in [5.41, 5.74) is 5.11. The van der Waals surface area contributed by atoms with Crippen LogP contribution in [0.3, 0.4) is 0 Å². The van der Waals surface area contributed by atoms with Gasteiger partial charge in [-0.3, -0.25) is 9.69 Å². The van der Waals surface area contributed by atoms with Gasteiger partial charge in [-0.1, -0.05) is 41.6 Å². The van der Waals surface area contributed by atoms with Crippen molar-refractivity contribution in [2.24, 2.45) is 0 Å². The summed E-state index contributed by atoms with van der Waals surface area (Å²) < 4.78 is 16.8. The zero-order valence-electron chi connectivity index (χ0n) is 21.0. The van der Waals surface area contributed by atoms with E-state index in [4.69, 9.17) is 14.0 Å². The van der Waals surface area contributed by atoms with E-state index in [1.54, 1.807) is 0 Å². The Kier molecular flexibility index (Phi) is 8.21. The summed E-state index contributed by atoms with van der Waals surface area (Å²) in [5, 5.41) is 6.96. The maximum absolute atomic E-state index is 12.4. The summed E-state index contributed by atoms with van der Waals surface area (Å²) in [7, 11) is 0. The Bertz CT molecular complexity index is 1080. The van der Waals surface area contributed by atoms with E-state index in [9.17, 15) is 4.79 Å². The number of nitrogens with one attached hydrogen (secondary N) is 1. The Labute approximate surface area is 207 Å². The number of ether oxygens (including phenoxy) is 2. The fourth-order valence-electron chi connectivity index (χ4n) is 4.45. The van der Waals surface area contributed by atoms with Crippen LogP contribution >= 0.6 is 0 Å². The molecule has 0 radical (unpaired) electrons. The van der Waals surface area contributed by atoms with E-state index in [0.717, 1.165) is 53.5 Å². The smallest absolute Gasteiger partial charge is 0.224 e. The van der Waals surface area contributed by atoms with Gasteiger partial charge in [-0.2, -0.15) is 0 Å². The molecule has 2 unspecified atom stereocenters. The summed E-state index contributed by atoms with van der Waals surface area (Å²) in [6.45, 7) is 11.8. The highest BCUT2D eigenvalue weighted by atomic mass is 16.5. The predicted octanol–water partition coefficient (Wildman–Crippen LogP) is 4.34. The molecule has 1 aliphatic heterocycles. The number of amides is 1. The first-order chi connectivity index (χ1) is 16.9. The van der Waals surface area contributed by atoms with Crippen molar-refractivity contribution in [2.75, 3.05) is 13.1 Å². The zero-order valence-corrected chi connectivity index (χ0v) is 21.0. The van der Waals surface area contributed by atoms with E-state index in [2.05, 4.69) is 53.5 Å². The van der Waals surface area contributed by atoms with Crippen molar-refractivity contribution in [3.8, 4) is 5.75 Å². The summed E-state index contributed by atoms with van der Waals surface area (Å²) in [4.78, 5) is 14.9. The van der Waals surface area contributed by atoms with Crippen LogP contribution in [0.2, 0.25) is 0 Å². The van der Waals surface area contributed by atoms with Crippen LogP contribution in [-0.4, -0.2) is 41.3 Å². The number of carbonyl (C=O) groups is 1. The minimum atomic E-state index is -0.00485. The second kappa shape index (κ2) is 11.5. The summed E-state index contributed by atoms with van der Waals surface area (Å²) in [6, 6.07) is 16.1. The topological polar surface area (TPSA) is 76.8 Å². The van der Waals surface area contributed by atoms with Crippen molar-refractivity contribution < 1.29 is 18.8 Å². The highest BCUT2D eigenvalue weighted by molar-refractivity contribution is 5.78. The van der Waals surface area contributed by atoms with Crippen LogP contribution in [0.25, 0.3) is 0 Å². The monoisotopic (exact) mass is 477 g/mol. The molecule has 1 saturated heterocycles. The lowest BCUT2D eigenvalue weighted by Crippen LogP contribution is -2.44. The molecule has 2 heterocycles. The second-order valence-electron chi connectivity index (χ2n) is 9.46. The van der Waals surface area contributed by atoms with Gasteiger partial charge in [-0.05, 0) is 56.5 Å². The first-order valence-corrected chi connectivity index (χ1v) is 12.2. The van der Waals surface area contributed by atoms with Gasteiger partial charge in [0.1, 0.15) is 18.1 Å². The van der Waals surface area contributed by atoms with E-state index in [1.165, 1.54) is 5.56 Å². The first kappa shape index (κ1) is 24.9. The molecule has 7 heteroatoms. The Morgan fingerprint density at radius 3 is 2.26 bits per heavy atom. The van der Waals surface area contributed by atoms with Gasteiger partial charge in [-0.25, -0.2) is 0 Å². The van der Waals surface area contributed by atoms with Crippen LogP contribution in [0.15, 0.2) is 53.1 Å². The number of rotatable bonds is 9. The predicted molar refractivity (Wildman–Crippen MR) is 134 cm³/mol. The SMILES string of the molecule is Cc1noc(C)c1COc1ccc(CC(=O)NCc2ccc(CN3CC(C)OC(C)C3)cc2)cc1. The lowest BCUT2D eigenvalue weighted by atomic mass is 10.1. The minimum Gasteiger partial charge on any atom is -0.489 e. The first-order valence-electron chi connectivity index (χ1n) is 12.2. The molecule has 1 fully saturated rings. The van der Waals surface area contributed by atoms with Crippen LogP contribution in [-0.2, 0) is 35.6 Å². The van der Waals surface area contributed by atoms with Crippen molar-refractivity contribution in [3.63, 3.8) is 0 Å². The fraction of sp³-hybridized carbons (Fsp3) is 0.429. The van der Waals surface area contributed by atoms with Gasteiger partial charge in [0.25, 0.3) is 0 Å². The third-order valence-electron chi connectivity index (χ3n) is 6.27. The number of aryl methyl sites for hydroxylation is 2. The van der Waals surface area contributed by atoms with Gasteiger partial charge < -0.3 is 19.3 Å². The number of carbonyl (C=O) groups excluding carboxylic acids is 1. The zero-order chi connectivity index (χ0) is 24.8. The fourth-order valence-corrected chi connectivity index (χ4v) is 4.45. The molecule has 1 amide bonds. The van der Waals surface area contributed by atoms with Crippen molar-refractivity contribution in [1.29, 1.82) is 0 Å². The second-order valence-corrected chi connectivity index (χ2v) is 9.46. The molecular formula is C28H35N3O4. The molecular weight excluding hydrogens is 442 g/mol. The number of morpholine rings is 1. The Morgan fingerprint density at radius 1 is 1.00 bits per heavy atom. The van der Waals surface area contributed by atoms with Crippen LogP contribution in [0.4, 0.5) is 0 Å². The average molecular weight is 478 g/mol. The van der Waals surface area contributed by atoms with Gasteiger partial charge in [0.2, 0.25) is 5.91 Å². The highest BCUT2D eigenvalue weighted by Crippen LogP contribution is 2.18. The van der Waals surface area contributed by atoms with Gasteiger partial charge in [-0.15, -0.1) is 0 Å². The number of nitrogens with zero attached hydrogens (tertiary/aromatic N) is 2. The molecule has 35 heavy (non-hydrogen) atoms. The van der Waals surface area contributed by atoms with Crippen LogP contribution in [0, 0.1) is 13.8 Å². The molecule has 3 aromatic rings. The standard InChI is InChI=1S/C28H35N3O4/c1-19-15-31(16-20(2)34-19)17-25-7-5-24(6-8-25)14-29-28(32)13-23-9-11-26(12-10-23)33-18-27-21(3)30-35-22(27)4/h5-12,19-20H,13-18H2,1-4H3,(H,29,32). The normalized spacial score (nSPS) is 18.4. The molecule has 0 spiro atoms. The number of benzene rings is 2. The minimum absolute atomic E-state index is 0.00485. The van der Waals surface area contributed by atoms with Gasteiger partial charge in [0.05, 0.1) is 29.9 Å². The van der Waals surface area contributed by atoms with Gasteiger partial charge >= 0.3 is 0 Å².